The average Bonchev–Trinajstić information content (AvgIpc) is 2.10. The van der Waals surface area contributed by atoms with E-state index >= 15 is 0 Å². The molecule has 0 aromatic carbocycles. The molecule has 0 spiro atoms. The lowest BCUT2D eigenvalue weighted by Gasteiger charge is -1.98. The molecule has 72 valence electrons. The number of allylic oxidation sites excluding steroid dienone is 2. The van der Waals surface area contributed by atoms with Crippen LogP contribution in [0.3, 0.4) is 0 Å². The van der Waals surface area contributed by atoms with Crippen LogP contribution >= 0.6 is 0 Å². The molecule has 0 aromatic rings. The average molecular weight is 169 g/mol. The Kier molecular flexibility index (Phi) is 10.4. The molecule has 1 nitrogen and oxygen atoms in total. The summed E-state index contributed by atoms with van der Waals surface area (Å²) in [6, 6.07) is 0. The van der Waals surface area contributed by atoms with Crippen molar-refractivity contribution in [2.45, 2.75) is 51.9 Å². The first-order chi connectivity index (χ1) is 5.91. The highest BCUT2D eigenvalue weighted by Crippen LogP contribution is 2.06. The smallest absolute Gasteiger partial charge is 0.00773 e. The van der Waals surface area contributed by atoms with Crippen LogP contribution < -0.4 is 5.73 Å². The van der Waals surface area contributed by atoms with Crippen molar-refractivity contribution in [1.29, 1.82) is 0 Å². The van der Waals surface area contributed by atoms with Crippen LogP contribution in [0.5, 0.6) is 0 Å². The Labute approximate surface area is 77.0 Å². The molecule has 0 fully saturated rings. The lowest BCUT2D eigenvalue weighted by Crippen LogP contribution is -1.97. The van der Waals surface area contributed by atoms with Gasteiger partial charge in [-0.25, -0.2) is 0 Å². The fourth-order valence-electron chi connectivity index (χ4n) is 1.28. The summed E-state index contributed by atoms with van der Waals surface area (Å²) in [5, 5.41) is 0. The zero-order valence-corrected chi connectivity index (χ0v) is 8.39. The lowest BCUT2D eigenvalue weighted by atomic mass is 10.1. The van der Waals surface area contributed by atoms with Crippen molar-refractivity contribution in [3.05, 3.63) is 12.2 Å². The van der Waals surface area contributed by atoms with E-state index in [0.29, 0.717) is 0 Å². The minimum Gasteiger partial charge on any atom is -0.330 e. The molecule has 0 amide bonds. The first kappa shape index (κ1) is 11.7. The summed E-state index contributed by atoms with van der Waals surface area (Å²) in [4.78, 5) is 0. The fraction of sp³-hybridized carbons (Fsp3) is 0.818. The molecule has 0 radical (unpaired) electrons. The first-order valence-corrected chi connectivity index (χ1v) is 5.23. The molecule has 0 saturated heterocycles. The van der Waals surface area contributed by atoms with Gasteiger partial charge in [0.05, 0.1) is 0 Å². The Morgan fingerprint density at radius 2 is 1.50 bits per heavy atom. The van der Waals surface area contributed by atoms with Crippen LogP contribution in [0.2, 0.25) is 0 Å². The molecular formula is C11H23N. The van der Waals surface area contributed by atoms with E-state index in [1.165, 1.54) is 44.9 Å². The van der Waals surface area contributed by atoms with E-state index < -0.39 is 0 Å². The molecular weight excluding hydrogens is 146 g/mol. The summed E-state index contributed by atoms with van der Waals surface area (Å²) in [7, 11) is 0. The summed E-state index contributed by atoms with van der Waals surface area (Å²) < 4.78 is 0. The van der Waals surface area contributed by atoms with Gasteiger partial charge >= 0.3 is 0 Å². The monoisotopic (exact) mass is 169 g/mol. The highest BCUT2D eigenvalue weighted by molar-refractivity contribution is 4.76. The van der Waals surface area contributed by atoms with Crippen LogP contribution in [-0.2, 0) is 0 Å². The molecule has 0 bridgehead atoms. The van der Waals surface area contributed by atoms with Crippen molar-refractivity contribution < 1.29 is 0 Å². The summed E-state index contributed by atoms with van der Waals surface area (Å²) in [5.74, 6) is 0. The number of nitrogens with two attached hydrogens (primary N) is 1. The zero-order chi connectivity index (χ0) is 9.07. The van der Waals surface area contributed by atoms with Crippen molar-refractivity contribution in [3.8, 4) is 0 Å². The Morgan fingerprint density at radius 3 is 2.08 bits per heavy atom. The van der Waals surface area contributed by atoms with Crippen LogP contribution in [0.25, 0.3) is 0 Å². The Balaban J connectivity index is 2.81. The molecule has 0 heterocycles. The molecule has 0 aliphatic heterocycles. The van der Waals surface area contributed by atoms with Gasteiger partial charge in [0.15, 0.2) is 0 Å². The number of hydrogen-bond donors (Lipinski definition) is 1. The molecule has 0 saturated carbocycles. The molecule has 0 aromatic heterocycles. The van der Waals surface area contributed by atoms with E-state index in [4.69, 9.17) is 5.73 Å². The molecule has 2 N–H and O–H groups in total. The highest BCUT2D eigenvalue weighted by Gasteiger charge is 1.88. The van der Waals surface area contributed by atoms with E-state index in [-0.39, 0.29) is 0 Å². The molecule has 0 unspecified atom stereocenters. The highest BCUT2D eigenvalue weighted by atomic mass is 14.5. The topological polar surface area (TPSA) is 26.0 Å². The van der Waals surface area contributed by atoms with Crippen LogP contribution in [0.4, 0.5) is 0 Å². The van der Waals surface area contributed by atoms with E-state index in [1.807, 2.05) is 0 Å². The van der Waals surface area contributed by atoms with Crippen LogP contribution in [-0.4, -0.2) is 6.54 Å². The predicted molar refractivity (Wildman–Crippen MR) is 56.2 cm³/mol. The maximum absolute atomic E-state index is 5.40. The van der Waals surface area contributed by atoms with Gasteiger partial charge in [-0.15, -0.1) is 0 Å². The van der Waals surface area contributed by atoms with Crippen LogP contribution in [0, 0.1) is 0 Å². The van der Waals surface area contributed by atoms with Gasteiger partial charge in [-0.3, -0.25) is 0 Å². The molecule has 0 aliphatic rings. The molecule has 0 aliphatic carbocycles. The first-order valence-electron chi connectivity index (χ1n) is 5.23. The Morgan fingerprint density at radius 1 is 0.917 bits per heavy atom. The van der Waals surface area contributed by atoms with Gasteiger partial charge in [-0.05, 0) is 32.7 Å². The second kappa shape index (κ2) is 10.7. The van der Waals surface area contributed by atoms with Gasteiger partial charge in [0, 0.05) is 0 Å². The largest absolute Gasteiger partial charge is 0.330 e. The third-order valence-corrected chi connectivity index (χ3v) is 2.06. The summed E-state index contributed by atoms with van der Waals surface area (Å²) in [5.41, 5.74) is 5.40. The third-order valence-electron chi connectivity index (χ3n) is 2.06. The number of rotatable bonds is 8. The lowest BCUT2D eigenvalue weighted by molar-refractivity contribution is 0.600. The number of unbranched alkanes of at least 4 members (excludes halogenated alkanes) is 6. The molecule has 0 rings (SSSR count). The summed E-state index contributed by atoms with van der Waals surface area (Å²) >= 11 is 0. The van der Waals surface area contributed by atoms with Crippen molar-refractivity contribution in [2.75, 3.05) is 6.54 Å². The van der Waals surface area contributed by atoms with Crippen molar-refractivity contribution in [2.24, 2.45) is 5.73 Å². The van der Waals surface area contributed by atoms with Crippen LogP contribution in [0.15, 0.2) is 12.2 Å². The molecule has 12 heavy (non-hydrogen) atoms. The van der Waals surface area contributed by atoms with Crippen molar-refractivity contribution >= 4 is 0 Å². The minimum atomic E-state index is 0.860. The van der Waals surface area contributed by atoms with Gasteiger partial charge in [0.1, 0.15) is 0 Å². The van der Waals surface area contributed by atoms with Gasteiger partial charge in [-0.1, -0.05) is 37.8 Å². The standard InChI is InChI=1S/C11H23N/c1-2-3-4-5-6-7-8-9-10-11-12/h2-3H,4-12H2,1H3. The minimum absolute atomic E-state index is 0.860. The molecule has 1 heteroatoms. The Hall–Kier alpha value is -0.300. The quantitative estimate of drug-likeness (QED) is 0.438. The second-order valence-corrected chi connectivity index (χ2v) is 3.27. The van der Waals surface area contributed by atoms with Gasteiger partial charge < -0.3 is 5.73 Å². The fourth-order valence-corrected chi connectivity index (χ4v) is 1.28. The number of hydrogen-bond acceptors (Lipinski definition) is 1. The van der Waals surface area contributed by atoms with Crippen molar-refractivity contribution in [3.63, 3.8) is 0 Å². The van der Waals surface area contributed by atoms with Gasteiger partial charge in [-0.2, -0.15) is 0 Å². The van der Waals surface area contributed by atoms with Crippen molar-refractivity contribution in [1.82, 2.24) is 0 Å². The van der Waals surface area contributed by atoms with E-state index in [1.54, 1.807) is 0 Å². The van der Waals surface area contributed by atoms with E-state index in [0.717, 1.165) is 6.54 Å². The Bertz CT molecular complexity index is 97.2. The van der Waals surface area contributed by atoms with E-state index in [2.05, 4.69) is 19.1 Å². The maximum atomic E-state index is 5.40. The normalized spacial score (nSPS) is 11.2. The zero-order valence-electron chi connectivity index (χ0n) is 8.39. The third kappa shape index (κ3) is 9.70. The van der Waals surface area contributed by atoms with Crippen LogP contribution in [0.1, 0.15) is 51.9 Å². The predicted octanol–water partition coefficient (Wildman–Crippen LogP) is 3.25. The summed E-state index contributed by atoms with van der Waals surface area (Å²) in [6.45, 7) is 2.94. The second-order valence-electron chi connectivity index (χ2n) is 3.27. The van der Waals surface area contributed by atoms with E-state index in [9.17, 15) is 0 Å². The maximum Gasteiger partial charge on any atom is -0.00773 e. The summed E-state index contributed by atoms with van der Waals surface area (Å²) in [6.07, 6.45) is 13.7. The molecule has 0 atom stereocenters. The van der Waals surface area contributed by atoms with Gasteiger partial charge in [0.2, 0.25) is 0 Å². The van der Waals surface area contributed by atoms with Gasteiger partial charge in [0.25, 0.3) is 0 Å². The SMILES string of the molecule is CC=CCCCCCCCCN.